The van der Waals surface area contributed by atoms with E-state index in [-0.39, 0.29) is 42.4 Å². The molecule has 430 valence electrons. The molecule has 18 heteroatoms. The molecule has 0 unspecified atom stereocenters. The van der Waals surface area contributed by atoms with E-state index in [1.165, 1.54) is 18.4 Å². The predicted molar refractivity (Wildman–Crippen MR) is 304 cm³/mol. The van der Waals surface area contributed by atoms with Crippen molar-refractivity contribution in [3.8, 4) is 11.3 Å². The molecule has 7 fully saturated rings. The second kappa shape index (κ2) is 22.9. The van der Waals surface area contributed by atoms with E-state index in [0.29, 0.717) is 64.9 Å². The van der Waals surface area contributed by atoms with Crippen LogP contribution in [0.2, 0.25) is 0 Å². The fourth-order valence-corrected chi connectivity index (χ4v) is 14.8. The van der Waals surface area contributed by atoms with Gasteiger partial charge in [0, 0.05) is 125 Å². The number of hydrogen-bond donors (Lipinski definition) is 2. The normalized spacial score (nSPS) is 29.5. The molecule has 0 spiro atoms. The number of fused-ring (bicyclic) bond motifs is 8. The van der Waals surface area contributed by atoms with E-state index in [1.54, 1.807) is 12.1 Å². The molecule has 9 aliphatic rings. The number of rotatable bonds is 12. The third-order valence-corrected chi connectivity index (χ3v) is 19.2. The van der Waals surface area contributed by atoms with Crippen LogP contribution in [0.4, 0.5) is 11.4 Å². The summed E-state index contributed by atoms with van der Waals surface area (Å²) in [7, 11) is 1.76. The van der Waals surface area contributed by atoms with Crippen LogP contribution in [0.15, 0.2) is 42.1 Å². The Bertz CT molecular complexity index is 2740. The number of ether oxygens (including phenoxy) is 5. The van der Waals surface area contributed by atoms with Crippen molar-refractivity contribution in [2.75, 3.05) is 122 Å². The number of esters is 1. The number of likely N-dealkylation sites (tertiary alicyclic amines) is 1. The van der Waals surface area contributed by atoms with Gasteiger partial charge in [0.05, 0.1) is 80.5 Å². The Kier molecular flexibility index (Phi) is 15.9. The summed E-state index contributed by atoms with van der Waals surface area (Å²) < 4.78 is 33.7. The second-order valence-electron chi connectivity index (χ2n) is 25.3. The van der Waals surface area contributed by atoms with Crippen LogP contribution in [0.25, 0.3) is 22.2 Å². The van der Waals surface area contributed by atoms with Gasteiger partial charge < -0.3 is 43.4 Å². The van der Waals surface area contributed by atoms with Gasteiger partial charge >= 0.3 is 5.97 Å². The maximum atomic E-state index is 15.9. The summed E-state index contributed by atoms with van der Waals surface area (Å²) in [4.78, 5) is 63.6. The number of amides is 2. The van der Waals surface area contributed by atoms with Gasteiger partial charge in [-0.05, 0) is 113 Å². The third-order valence-electron chi connectivity index (χ3n) is 19.2. The molecule has 8 atom stereocenters. The summed E-state index contributed by atoms with van der Waals surface area (Å²) in [6.07, 6.45) is 10.6. The van der Waals surface area contributed by atoms with Gasteiger partial charge in [-0.2, -0.15) is 0 Å². The number of nitrogens with one attached hydrogen (secondary N) is 2. The maximum absolute atomic E-state index is 15.9. The Balaban J connectivity index is 0.954. The number of carbonyl (C=O) groups is 3. The lowest BCUT2D eigenvalue weighted by molar-refractivity contribution is -0.156. The van der Waals surface area contributed by atoms with Crippen LogP contribution in [0.5, 0.6) is 0 Å². The number of cyclic esters (lactones) is 1. The molecule has 9 heterocycles. The number of aryl methyl sites for hydroxylation is 1. The number of pyridine rings is 1. The number of aromatic nitrogens is 2. The van der Waals surface area contributed by atoms with Gasteiger partial charge in [0.2, 0.25) is 5.91 Å². The average Bonchev–Trinajstić information content (AvgIpc) is 4.60. The first-order chi connectivity index (χ1) is 38.3. The standard InChI is InChI=1S/C61H88N10O8/c1-8-69-50-14-13-43-31-46(50)48(56(69)47-32-44(34-62-52(47)39(4)75-7)66-20-18-65(19-21-66)42-11-12-42)33-61(5,6)37-79-60(74)53-45-30-41(45)35-71(64-53)59(73)54(57(67-22-27-77-28-23-67)51-36-68(43)24-29-78-51)63-58(72)55(38(2)3)70-17-9-10-49(70)40-15-25-76-26-16-40/h13-14,30-32,34,38-40,42,45,49,51,53-55,57,64H,8-12,15-29,33,35-37H2,1-7H3,(H,63,72)/t39-,45-,49+,51+,53-,54-,55-,57+/m0/s1. The topological polar surface area (TPSA) is 159 Å². The van der Waals surface area contributed by atoms with Crippen molar-refractivity contribution in [1.82, 2.24) is 40.0 Å². The molecule has 2 amide bonds. The van der Waals surface area contributed by atoms with Gasteiger partial charge in [0.15, 0.2) is 0 Å². The Hall–Kier alpha value is -4.66. The highest BCUT2D eigenvalue weighted by Gasteiger charge is 2.51. The average molecular weight is 1090 g/mol. The van der Waals surface area contributed by atoms with Gasteiger partial charge in [-0.25, -0.2) is 5.43 Å². The number of benzene rings is 1. The number of piperazine rings is 1. The van der Waals surface area contributed by atoms with Crippen molar-refractivity contribution in [1.29, 1.82) is 0 Å². The van der Waals surface area contributed by atoms with Gasteiger partial charge in [0.1, 0.15) is 12.1 Å². The summed E-state index contributed by atoms with van der Waals surface area (Å²) in [5.41, 5.74) is 11.4. The Morgan fingerprint density at radius 3 is 2.39 bits per heavy atom. The van der Waals surface area contributed by atoms with E-state index in [2.05, 4.69) is 112 Å². The number of methoxy groups -OCH3 is 1. The van der Waals surface area contributed by atoms with Crippen LogP contribution < -0.4 is 20.5 Å². The quantitative estimate of drug-likeness (QED) is 0.175. The van der Waals surface area contributed by atoms with Gasteiger partial charge in [0.25, 0.3) is 5.91 Å². The first-order valence-corrected chi connectivity index (χ1v) is 30.2. The zero-order chi connectivity index (χ0) is 54.7. The minimum absolute atomic E-state index is 0.0160. The molecule has 2 aliphatic carbocycles. The molecule has 3 aromatic rings. The van der Waals surface area contributed by atoms with Crippen LogP contribution in [-0.2, 0) is 51.0 Å². The molecule has 79 heavy (non-hydrogen) atoms. The van der Waals surface area contributed by atoms with Crippen LogP contribution in [0.3, 0.4) is 0 Å². The van der Waals surface area contributed by atoms with E-state index in [4.69, 9.17) is 28.7 Å². The van der Waals surface area contributed by atoms with Crippen molar-refractivity contribution < 1.29 is 38.1 Å². The first-order valence-electron chi connectivity index (χ1n) is 30.2. The number of nitrogens with zero attached hydrogens (tertiary/aromatic N) is 8. The summed E-state index contributed by atoms with van der Waals surface area (Å²) in [5.74, 6) is -0.555. The fourth-order valence-electron chi connectivity index (χ4n) is 14.8. The van der Waals surface area contributed by atoms with E-state index >= 15 is 9.59 Å². The summed E-state index contributed by atoms with van der Waals surface area (Å²) in [6.45, 7) is 24.2. The highest BCUT2D eigenvalue weighted by atomic mass is 16.5. The lowest BCUT2D eigenvalue weighted by Gasteiger charge is -2.47. The predicted octanol–water partition coefficient (Wildman–Crippen LogP) is 5.42. The number of hydrogen-bond acceptors (Lipinski definition) is 15. The third kappa shape index (κ3) is 11.1. The van der Waals surface area contributed by atoms with E-state index in [0.717, 1.165) is 129 Å². The monoisotopic (exact) mass is 1090 g/mol. The van der Waals surface area contributed by atoms with E-state index < -0.39 is 41.7 Å². The number of anilines is 2. The Morgan fingerprint density at radius 2 is 1.66 bits per heavy atom. The molecule has 6 saturated heterocycles. The van der Waals surface area contributed by atoms with E-state index in [1.807, 2.05) is 6.20 Å². The first kappa shape index (κ1) is 54.9. The molecular formula is C61H88N10O8. The molecule has 7 aliphatic heterocycles. The van der Waals surface area contributed by atoms with Crippen LogP contribution in [-0.4, -0.2) is 202 Å². The molecule has 18 nitrogen and oxygen atoms in total. The minimum atomic E-state index is -1.02. The van der Waals surface area contributed by atoms with Crippen molar-refractivity contribution in [2.45, 2.75) is 141 Å². The van der Waals surface area contributed by atoms with Gasteiger partial charge in [-0.3, -0.25) is 39.1 Å². The highest BCUT2D eigenvalue weighted by molar-refractivity contribution is 5.95. The molecule has 1 aromatic carbocycles. The summed E-state index contributed by atoms with van der Waals surface area (Å²) in [5, 5.41) is 6.23. The highest BCUT2D eigenvalue weighted by Crippen LogP contribution is 2.44. The van der Waals surface area contributed by atoms with Crippen molar-refractivity contribution in [2.24, 2.45) is 23.2 Å². The van der Waals surface area contributed by atoms with Crippen LogP contribution >= 0.6 is 0 Å². The smallest absolute Gasteiger partial charge is 0.325 e. The van der Waals surface area contributed by atoms with Gasteiger partial charge in [-0.15, -0.1) is 0 Å². The molecular weight excluding hydrogens is 1000 g/mol. The van der Waals surface area contributed by atoms with E-state index in [9.17, 15) is 4.79 Å². The van der Waals surface area contributed by atoms with Crippen molar-refractivity contribution in [3.05, 3.63) is 53.4 Å². The Labute approximate surface area is 467 Å². The summed E-state index contributed by atoms with van der Waals surface area (Å²) >= 11 is 0. The largest absolute Gasteiger partial charge is 0.464 e. The van der Waals surface area contributed by atoms with Crippen LogP contribution in [0, 0.1) is 23.2 Å². The number of hydrazine groups is 1. The molecule has 1 saturated carbocycles. The molecule has 12 rings (SSSR count). The second-order valence-corrected chi connectivity index (χ2v) is 25.3. The van der Waals surface area contributed by atoms with Crippen molar-refractivity contribution >= 4 is 40.1 Å². The molecule has 2 aromatic heterocycles. The number of morpholine rings is 2. The van der Waals surface area contributed by atoms with Crippen LogP contribution in [0.1, 0.15) is 97.4 Å². The Morgan fingerprint density at radius 1 is 0.886 bits per heavy atom. The molecule has 6 bridgehead atoms. The lowest BCUT2D eigenvalue weighted by Crippen LogP contribution is -2.70. The zero-order valence-electron chi connectivity index (χ0n) is 48.1. The maximum Gasteiger partial charge on any atom is 0.325 e. The SMILES string of the molecule is CCn1c(-c2cc(N3CCN(C4CC4)CC3)cnc2[C@H](C)OC)c2c3cc(ccc31)N1CCO[C@H](C1)[C@@H](N1CCOCC1)[C@H](NC(=O)[C@H](C(C)C)N1CCC[C@@H]1C1CCOCC1)C(=O)N1CC3=C[C@@H]3[C@H](N1)C(=O)OCC(C)(C)C2. The van der Waals surface area contributed by atoms with Gasteiger partial charge in [-0.1, -0.05) is 33.8 Å². The minimum Gasteiger partial charge on any atom is -0.464 e. The molecule has 2 N–H and O–H groups in total. The summed E-state index contributed by atoms with van der Waals surface area (Å²) in [6, 6.07) is 7.40. The van der Waals surface area contributed by atoms with Crippen molar-refractivity contribution in [3.63, 3.8) is 0 Å². The fraction of sp³-hybridized carbons (Fsp3) is 0.705. The zero-order valence-corrected chi connectivity index (χ0v) is 48.1. The molecule has 0 radical (unpaired) electrons. The number of carbonyl (C=O) groups excluding carboxylic acids is 3. The lowest BCUT2D eigenvalue weighted by atomic mass is 9.84.